The fraction of sp³-hybridized carbons (Fsp3) is 0.351. The molecule has 1 saturated heterocycles. The molecule has 0 spiro atoms. The van der Waals surface area contributed by atoms with Crippen molar-refractivity contribution in [3.8, 4) is 11.1 Å². The average Bonchev–Trinajstić information content (AvgIpc) is 3.04. The molecule has 2 aromatic heterocycles. The van der Waals surface area contributed by atoms with Crippen LogP contribution in [0.1, 0.15) is 65.5 Å². The Morgan fingerprint density at radius 3 is 2.30 bits per heavy atom. The molecule has 9 heteroatoms. The van der Waals surface area contributed by atoms with Gasteiger partial charge in [-0.3, -0.25) is 19.3 Å². The van der Waals surface area contributed by atoms with Crippen molar-refractivity contribution in [3.05, 3.63) is 106 Å². The zero-order valence-corrected chi connectivity index (χ0v) is 27.5. The maximum Gasteiger partial charge on any atom is 0.274 e. The fourth-order valence-corrected chi connectivity index (χ4v) is 5.84. The number of Topliss-reactive ketones (excluding diaryl/α,β-unsaturated/α-hetero) is 1. The number of nitrogens with one attached hydrogen (secondary N) is 2. The smallest absolute Gasteiger partial charge is 0.274 e. The first kappa shape index (κ1) is 32.8. The molecule has 9 nitrogen and oxygen atoms in total. The Balaban J connectivity index is 1.31. The molecule has 0 aliphatic carbocycles. The zero-order valence-electron chi connectivity index (χ0n) is 27.5. The predicted molar refractivity (Wildman–Crippen MR) is 183 cm³/mol. The Labute approximate surface area is 270 Å². The highest BCUT2D eigenvalue weighted by molar-refractivity contribution is 6.05. The number of nitrogens with zero attached hydrogens (tertiary/aromatic N) is 3. The number of carbonyl (C=O) groups excluding carboxylic acids is 2. The van der Waals surface area contributed by atoms with Crippen LogP contribution in [0, 0.1) is 12.8 Å². The molecule has 3 heterocycles. The number of aryl methyl sites for hydroxylation is 1. The second kappa shape index (κ2) is 13.8. The molecule has 0 saturated carbocycles. The van der Waals surface area contributed by atoms with Crippen LogP contribution in [0.3, 0.4) is 0 Å². The molecular formula is C37H43N5O4. The monoisotopic (exact) mass is 621 g/mol. The first-order chi connectivity index (χ1) is 21.9. The van der Waals surface area contributed by atoms with Gasteiger partial charge in [0, 0.05) is 67.9 Å². The van der Waals surface area contributed by atoms with Crippen LogP contribution in [-0.2, 0) is 17.2 Å². The van der Waals surface area contributed by atoms with Gasteiger partial charge in [-0.25, -0.2) is 4.98 Å². The SMILES string of the molecule is COCN1CCC(C(=O)c2ccc(Nc3cc(-c4cccc(NC(=O)c5ccc(C(C)(C)C)cc5)c4C)cn(C)c3=O)nc2)CC1. The summed E-state index contributed by atoms with van der Waals surface area (Å²) in [7, 11) is 3.38. The van der Waals surface area contributed by atoms with Crippen molar-refractivity contribution in [1.29, 1.82) is 0 Å². The standard InChI is InChI=1S/C37H43N5O4/c1-24-30(8-7-9-31(24)40-35(44)26-10-13-29(14-11-26)37(2,3)4)28-20-32(36(45)41(5)22-28)39-33-15-12-27(21-38-33)34(43)25-16-18-42(19-17-25)23-46-6/h7-15,20-22,25H,16-19,23H2,1-6H3,(H,38,39)(H,40,44). The van der Waals surface area contributed by atoms with E-state index in [0.29, 0.717) is 35.1 Å². The molecule has 1 fully saturated rings. The number of anilines is 3. The van der Waals surface area contributed by atoms with Crippen molar-refractivity contribution in [1.82, 2.24) is 14.5 Å². The number of pyridine rings is 2. The van der Waals surface area contributed by atoms with E-state index in [1.807, 2.05) is 49.4 Å². The summed E-state index contributed by atoms with van der Waals surface area (Å²) in [4.78, 5) is 46.0. The number of ketones is 1. The van der Waals surface area contributed by atoms with E-state index < -0.39 is 0 Å². The predicted octanol–water partition coefficient (Wildman–Crippen LogP) is 6.55. The Morgan fingerprint density at radius 2 is 1.67 bits per heavy atom. The summed E-state index contributed by atoms with van der Waals surface area (Å²) in [6, 6.07) is 18.7. The van der Waals surface area contributed by atoms with Gasteiger partial charge in [0.1, 0.15) is 11.5 Å². The Kier molecular flexibility index (Phi) is 9.84. The van der Waals surface area contributed by atoms with Gasteiger partial charge >= 0.3 is 0 Å². The van der Waals surface area contributed by atoms with Gasteiger partial charge < -0.3 is 19.9 Å². The maximum atomic E-state index is 13.1. The van der Waals surface area contributed by atoms with Gasteiger partial charge in [-0.15, -0.1) is 0 Å². The summed E-state index contributed by atoms with van der Waals surface area (Å²) < 4.78 is 6.73. The molecule has 1 aliphatic heterocycles. The summed E-state index contributed by atoms with van der Waals surface area (Å²) in [5, 5.41) is 6.20. The topological polar surface area (TPSA) is 106 Å². The van der Waals surface area contributed by atoms with E-state index in [9.17, 15) is 14.4 Å². The summed E-state index contributed by atoms with van der Waals surface area (Å²) in [5.74, 6) is 0.345. The number of amides is 1. The lowest BCUT2D eigenvalue weighted by atomic mass is 9.86. The molecule has 5 rings (SSSR count). The Hall–Kier alpha value is -4.60. The number of hydrogen-bond acceptors (Lipinski definition) is 7. The maximum absolute atomic E-state index is 13.1. The van der Waals surface area contributed by atoms with E-state index in [2.05, 4.69) is 41.3 Å². The number of carbonyl (C=O) groups is 2. The van der Waals surface area contributed by atoms with Crippen LogP contribution >= 0.6 is 0 Å². The van der Waals surface area contributed by atoms with Crippen LogP contribution in [-0.4, -0.2) is 53.1 Å². The molecule has 0 atom stereocenters. The quantitative estimate of drug-likeness (QED) is 0.204. The lowest BCUT2D eigenvalue weighted by Gasteiger charge is -2.30. The van der Waals surface area contributed by atoms with Gasteiger partial charge in [0.25, 0.3) is 11.5 Å². The molecule has 240 valence electrons. The lowest BCUT2D eigenvalue weighted by Crippen LogP contribution is -2.37. The Bertz CT molecular complexity index is 1760. The highest BCUT2D eigenvalue weighted by Crippen LogP contribution is 2.30. The highest BCUT2D eigenvalue weighted by atomic mass is 16.5. The third-order valence-electron chi connectivity index (χ3n) is 8.67. The van der Waals surface area contributed by atoms with Gasteiger partial charge in [-0.2, -0.15) is 0 Å². The van der Waals surface area contributed by atoms with Crippen LogP contribution in [0.4, 0.5) is 17.2 Å². The summed E-state index contributed by atoms with van der Waals surface area (Å²) in [6.45, 7) is 10.6. The average molecular weight is 622 g/mol. The van der Waals surface area contributed by atoms with Gasteiger partial charge in [-0.05, 0) is 78.3 Å². The van der Waals surface area contributed by atoms with Crippen LogP contribution in [0.15, 0.2) is 77.9 Å². The van der Waals surface area contributed by atoms with Crippen molar-refractivity contribution < 1.29 is 14.3 Å². The molecule has 1 aliphatic rings. The van der Waals surface area contributed by atoms with Crippen molar-refractivity contribution >= 4 is 28.9 Å². The largest absolute Gasteiger partial charge is 0.369 e. The summed E-state index contributed by atoms with van der Waals surface area (Å²) >= 11 is 0. The van der Waals surface area contributed by atoms with Crippen molar-refractivity contribution in [2.45, 2.75) is 46.0 Å². The third kappa shape index (κ3) is 7.43. The number of methoxy groups -OCH3 is 1. The van der Waals surface area contributed by atoms with E-state index >= 15 is 0 Å². The first-order valence-corrected chi connectivity index (χ1v) is 15.7. The lowest BCUT2D eigenvalue weighted by molar-refractivity contribution is 0.0377. The van der Waals surface area contributed by atoms with E-state index in [4.69, 9.17) is 4.74 Å². The normalized spacial score (nSPS) is 14.2. The molecule has 0 bridgehead atoms. The fourth-order valence-electron chi connectivity index (χ4n) is 5.84. The molecule has 0 radical (unpaired) electrons. The summed E-state index contributed by atoms with van der Waals surface area (Å²) in [5.41, 5.74) is 5.71. The second-order valence-electron chi connectivity index (χ2n) is 13.0. The minimum Gasteiger partial charge on any atom is -0.369 e. The molecule has 46 heavy (non-hydrogen) atoms. The number of likely N-dealkylation sites (tertiary alicyclic amines) is 1. The summed E-state index contributed by atoms with van der Waals surface area (Å²) in [6.07, 6.45) is 4.94. The van der Waals surface area contributed by atoms with E-state index in [-0.39, 0.29) is 28.6 Å². The van der Waals surface area contributed by atoms with Crippen LogP contribution < -0.4 is 16.2 Å². The Morgan fingerprint density at radius 1 is 0.978 bits per heavy atom. The number of aromatic nitrogens is 2. The number of hydrogen-bond donors (Lipinski definition) is 2. The van der Waals surface area contributed by atoms with Gasteiger partial charge in [0.15, 0.2) is 5.78 Å². The zero-order chi connectivity index (χ0) is 33.0. The molecule has 1 amide bonds. The minimum absolute atomic E-state index is 0.00433. The van der Waals surface area contributed by atoms with Crippen molar-refractivity contribution in [2.75, 3.05) is 37.6 Å². The van der Waals surface area contributed by atoms with Crippen molar-refractivity contribution in [3.63, 3.8) is 0 Å². The van der Waals surface area contributed by atoms with Crippen molar-refractivity contribution in [2.24, 2.45) is 13.0 Å². The first-order valence-electron chi connectivity index (χ1n) is 15.7. The molecule has 2 aromatic carbocycles. The van der Waals surface area contributed by atoms with Gasteiger partial charge in [0.2, 0.25) is 0 Å². The number of rotatable bonds is 9. The highest BCUT2D eigenvalue weighted by Gasteiger charge is 2.26. The minimum atomic E-state index is -0.214. The third-order valence-corrected chi connectivity index (χ3v) is 8.67. The number of piperidine rings is 1. The van der Waals surface area contributed by atoms with E-state index in [0.717, 1.165) is 48.2 Å². The van der Waals surface area contributed by atoms with E-state index in [1.54, 1.807) is 44.8 Å². The van der Waals surface area contributed by atoms with E-state index in [1.165, 1.54) is 4.57 Å². The second-order valence-corrected chi connectivity index (χ2v) is 13.0. The number of ether oxygens (including phenoxy) is 1. The molecule has 2 N–H and O–H groups in total. The molecule has 0 unspecified atom stereocenters. The molecule has 4 aromatic rings. The van der Waals surface area contributed by atoms with Crippen LogP contribution in [0.2, 0.25) is 0 Å². The van der Waals surface area contributed by atoms with Crippen LogP contribution in [0.5, 0.6) is 0 Å². The van der Waals surface area contributed by atoms with Crippen LogP contribution in [0.25, 0.3) is 11.1 Å². The van der Waals surface area contributed by atoms with Gasteiger partial charge in [-0.1, -0.05) is 45.0 Å². The van der Waals surface area contributed by atoms with Gasteiger partial charge in [0.05, 0.1) is 6.73 Å². The molecular weight excluding hydrogens is 578 g/mol. The number of benzene rings is 2.